The predicted octanol–water partition coefficient (Wildman–Crippen LogP) is 3.67. The van der Waals surface area contributed by atoms with Crippen molar-refractivity contribution in [1.82, 2.24) is 4.90 Å². The molecule has 0 aromatic rings. The molecule has 0 atom stereocenters. The number of aliphatic carboxylic acids is 1. The van der Waals surface area contributed by atoms with Crippen LogP contribution in [0.5, 0.6) is 0 Å². The molecule has 1 N–H and O–H groups in total. The Morgan fingerprint density at radius 3 is 2.19 bits per heavy atom. The normalized spacial score (nSPS) is 26.2. The van der Waals surface area contributed by atoms with E-state index in [-0.39, 0.29) is 0 Å². The fourth-order valence-electron chi connectivity index (χ4n) is 3.05. The molecule has 0 radical (unpaired) electrons. The molecule has 1 amide bonds. The van der Waals surface area contributed by atoms with Crippen molar-refractivity contribution in [2.75, 3.05) is 7.05 Å². The fourth-order valence-corrected chi connectivity index (χ4v) is 3.05. The summed E-state index contributed by atoms with van der Waals surface area (Å²) in [6.07, 6.45) is 4.41. The highest BCUT2D eigenvalue weighted by Gasteiger charge is 2.48. The number of nitrogens with zero attached hydrogens (tertiary/aromatic N) is 1. The Morgan fingerprint density at radius 2 is 1.81 bits per heavy atom. The number of carbonyl (C=O) groups is 2. The number of hydrogen-bond donors (Lipinski definition) is 1. The van der Waals surface area contributed by atoms with Crippen LogP contribution in [0.15, 0.2) is 0 Å². The summed E-state index contributed by atoms with van der Waals surface area (Å²) in [5, 5.41) is 9.67. The van der Waals surface area contributed by atoms with Crippen LogP contribution in [-0.2, 0) is 9.53 Å². The molecule has 0 unspecified atom stereocenters. The van der Waals surface area contributed by atoms with Gasteiger partial charge in [0.15, 0.2) is 0 Å². The minimum absolute atomic E-state index is 0.503. The van der Waals surface area contributed by atoms with Crippen LogP contribution in [0.25, 0.3) is 0 Å². The van der Waals surface area contributed by atoms with E-state index in [2.05, 4.69) is 6.92 Å². The maximum atomic E-state index is 12.2. The molecule has 1 fully saturated rings. The Bertz CT molecular complexity index is 378. The fraction of sp³-hybridized carbons (Fsp3) is 0.875. The third kappa shape index (κ3) is 4.35. The maximum absolute atomic E-state index is 12.2. The van der Waals surface area contributed by atoms with Gasteiger partial charge in [-0.3, -0.25) is 4.90 Å². The van der Waals surface area contributed by atoms with Gasteiger partial charge in [0.1, 0.15) is 11.1 Å². The second-order valence-corrected chi connectivity index (χ2v) is 7.11. The van der Waals surface area contributed by atoms with Crippen molar-refractivity contribution < 1.29 is 19.4 Å². The topological polar surface area (TPSA) is 66.8 Å². The SMILES string of the molecule is CCCC1CCC(C(=O)O)(N(C)C(=O)OC(C)(C)C)CC1. The smallest absolute Gasteiger partial charge is 0.410 e. The monoisotopic (exact) mass is 299 g/mol. The van der Waals surface area contributed by atoms with Crippen molar-refractivity contribution in [2.45, 2.75) is 77.4 Å². The standard InChI is InChI=1S/C16H29NO4/c1-6-7-12-8-10-16(11-9-12,13(18)19)17(5)14(20)21-15(2,3)4/h12H,6-11H2,1-5H3,(H,18,19). The van der Waals surface area contributed by atoms with Crippen LogP contribution in [0.2, 0.25) is 0 Å². The lowest BCUT2D eigenvalue weighted by Gasteiger charge is -2.43. The molecule has 1 aliphatic rings. The van der Waals surface area contributed by atoms with Crippen molar-refractivity contribution in [3.63, 3.8) is 0 Å². The lowest BCUT2D eigenvalue weighted by Crippen LogP contribution is -2.57. The van der Waals surface area contributed by atoms with Crippen LogP contribution in [0, 0.1) is 5.92 Å². The van der Waals surface area contributed by atoms with E-state index in [1.807, 2.05) is 0 Å². The predicted molar refractivity (Wildman–Crippen MR) is 81.2 cm³/mol. The van der Waals surface area contributed by atoms with Gasteiger partial charge in [-0.05, 0) is 52.4 Å². The van der Waals surface area contributed by atoms with Crippen molar-refractivity contribution >= 4 is 12.1 Å². The molecular weight excluding hydrogens is 270 g/mol. The molecule has 0 aromatic carbocycles. The summed E-state index contributed by atoms with van der Waals surface area (Å²) in [4.78, 5) is 25.3. The Hall–Kier alpha value is -1.26. The molecule has 5 heteroatoms. The number of amides is 1. The van der Waals surface area contributed by atoms with Gasteiger partial charge in [0.2, 0.25) is 0 Å². The second kappa shape index (κ2) is 6.67. The summed E-state index contributed by atoms with van der Waals surface area (Å²) >= 11 is 0. The first-order valence-corrected chi connectivity index (χ1v) is 7.82. The second-order valence-electron chi connectivity index (χ2n) is 7.11. The van der Waals surface area contributed by atoms with Crippen LogP contribution in [0.4, 0.5) is 4.79 Å². The average molecular weight is 299 g/mol. The number of carboxylic acids is 1. The van der Waals surface area contributed by atoms with E-state index in [4.69, 9.17) is 4.74 Å². The number of ether oxygens (including phenoxy) is 1. The summed E-state index contributed by atoms with van der Waals surface area (Å²) in [5.74, 6) is -0.347. The van der Waals surface area contributed by atoms with Crippen molar-refractivity contribution in [3.8, 4) is 0 Å². The first-order chi connectivity index (χ1) is 9.62. The third-order valence-electron chi connectivity index (χ3n) is 4.34. The van der Waals surface area contributed by atoms with Gasteiger partial charge >= 0.3 is 12.1 Å². The maximum Gasteiger partial charge on any atom is 0.410 e. The van der Waals surface area contributed by atoms with Crippen LogP contribution in [0.3, 0.4) is 0 Å². The molecule has 0 spiro atoms. The van der Waals surface area contributed by atoms with E-state index in [0.29, 0.717) is 18.8 Å². The van der Waals surface area contributed by atoms with Gasteiger partial charge in [-0.15, -0.1) is 0 Å². The van der Waals surface area contributed by atoms with E-state index in [0.717, 1.165) is 25.7 Å². The lowest BCUT2D eigenvalue weighted by atomic mass is 9.74. The number of hydrogen-bond acceptors (Lipinski definition) is 3. The summed E-state index contributed by atoms with van der Waals surface area (Å²) in [6.45, 7) is 7.49. The van der Waals surface area contributed by atoms with Crippen LogP contribution >= 0.6 is 0 Å². The summed E-state index contributed by atoms with van der Waals surface area (Å²) in [6, 6.07) is 0. The zero-order valence-corrected chi connectivity index (χ0v) is 13.9. The molecule has 5 nitrogen and oxygen atoms in total. The largest absolute Gasteiger partial charge is 0.479 e. The molecule has 1 saturated carbocycles. The molecule has 1 rings (SSSR count). The average Bonchev–Trinajstić information content (AvgIpc) is 2.37. The van der Waals surface area contributed by atoms with Gasteiger partial charge in [0.05, 0.1) is 0 Å². The third-order valence-corrected chi connectivity index (χ3v) is 4.34. The lowest BCUT2D eigenvalue weighted by molar-refractivity contribution is -0.153. The molecule has 122 valence electrons. The first-order valence-electron chi connectivity index (χ1n) is 7.82. The Balaban J connectivity index is 2.82. The van der Waals surface area contributed by atoms with Gasteiger partial charge in [-0.2, -0.15) is 0 Å². The zero-order valence-electron chi connectivity index (χ0n) is 13.9. The quantitative estimate of drug-likeness (QED) is 0.860. The summed E-state index contributed by atoms with van der Waals surface area (Å²) in [5.41, 5.74) is -1.74. The van der Waals surface area contributed by atoms with Crippen molar-refractivity contribution in [2.24, 2.45) is 5.92 Å². The first kappa shape index (κ1) is 17.8. The van der Waals surface area contributed by atoms with Gasteiger partial charge < -0.3 is 9.84 Å². The number of rotatable bonds is 4. The highest BCUT2D eigenvalue weighted by molar-refractivity contribution is 5.84. The molecule has 0 heterocycles. The highest BCUT2D eigenvalue weighted by atomic mass is 16.6. The van der Waals surface area contributed by atoms with Crippen LogP contribution < -0.4 is 0 Å². The Kier molecular flexibility index (Phi) is 5.65. The Morgan fingerprint density at radius 1 is 1.29 bits per heavy atom. The molecule has 0 aromatic heterocycles. The van der Waals surface area contributed by atoms with E-state index in [1.165, 1.54) is 4.90 Å². The van der Waals surface area contributed by atoms with E-state index >= 15 is 0 Å². The highest BCUT2D eigenvalue weighted by Crippen LogP contribution is 2.38. The van der Waals surface area contributed by atoms with Gasteiger partial charge in [-0.1, -0.05) is 19.8 Å². The zero-order chi connectivity index (χ0) is 16.3. The van der Waals surface area contributed by atoms with E-state index < -0.39 is 23.2 Å². The number of carbonyl (C=O) groups excluding carboxylic acids is 1. The molecule has 0 saturated heterocycles. The number of likely N-dealkylation sites (N-methyl/N-ethyl adjacent to an activating group) is 1. The summed E-state index contributed by atoms with van der Waals surface area (Å²) in [7, 11) is 1.54. The molecule has 1 aliphatic carbocycles. The van der Waals surface area contributed by atoms with Crippen LogP contribution in [0.1, 0.15) is 66.2 Å². The van der Waals surface area contributed by atoms with Crippen molar-refractivity contribution in [1.29, 1.82) is 0 Å². The van der Waals surface area contributed by atoms with Crippen molar-refractivity contribution in [3.05, 3.63) is 0 Å². The van der Waals surface area contributed by atoms with E-state index in [9.17, 15) is 14.7 Å². The van der Waals surface area contributed by atoms with E-state index in [1.54, 1.807) is 27.8 Å². The minimum atomic E-state index is -1.12. The minimum Gasteiger partial charge on any atom is -0.479 e. The molecule has 0 bridgehead atoms. The molecule has 0 aliphatic heterocycles. The van der Waals surface area contributed by atoms with Crippen LogP contribution in [-0.4, -0.2) is 40.3 Å². The summed E-state index contributed by atoms with van der Waals surface area (Å²) < 4.78 is 5.33. The van der Waals surface area contributed by atoms with Gasteiger partial charge in [0, 0.05) is 7.05 Å². The molecule has 21 heavy (non-hydrogen) atoms. The van der Waals surface area contributed by atoms with Gasteiger partial charge in [0.25, 0.3) is 0 Å². The molecular formula is C16H29NO4. The number of carboxylic acid groups (broad SMARTS) is 1. The van der Waals surface area contributed by atoms with Gasteiger partial charge in [-0.25, -0.2) is 9.59 Å². The Labute approximate surface area is 127 Å².